The number of aliphatic hydroxyl groups excluding tert-OH is 1. The summed E-state index contributed by atoms with van der Waals surface area (Å²) in [5.74, 6) is 0.387. The third-order valence-electron chi connectivity index (χ3n) is 3.29. The maximum Gasteiger partial charge on any atom is 0.243 e. The van der Waals surface area contributed by atoms with E-state index in [1.165, 1.54) is 6.07 Å². The molecular weight excluding hydrogens is 285 g/mol. The number of aliphatic hydroxyl groups is 1. The Labute approximate surface area is 119 Å². The van der Waals surface area contributed by atoms with Crippen molar-refractivity contribution in [3.05, 3.63) is 46.3 Å². The minimum atomic E-state index is -0.406. The molecule has 0 radical (unpaired) electrons. The van der Waals surface area contributed by atoms with E-state index >= 15 is 0 Å². The standard InChI is InChI=1S/C13H13ClFN3O2/c14-9-2-1-3-10(15)8(9)5-12-17-13(20-18-12)11-4-7(19)6-16-11/h1-3,7,11,16,19H,4-6H2/t7?,11-/m0/s1. The lowest BCUT2D eigenvalue weighted by Gasteiger charge is -2.03. The highest BCUT2D eigenvalue weighted by Crippen LogP contribution is 2.24. The Morgan fingerprint density at radius 1 is 1.50 bits per heavy atom. The van der Waals surface area contributed by atoms with Gasteiger partial charge in [0.2, 0.25) is 5.89 Å². The van der Waals surface area contributed by atoms with E-state index in [4.69, 9.17) is 16.1 Å². The van der Waals surface area contributed by atoms with Gasteiger partial charge in [0.1, 0.15) is 5.82 Å². The maximum absolute atomic E-state index is 13.7. The third kappa shape index (κ3) is 2.67. The number of hydrogen-bond donors (Lipinski definition) is 2. The molecule has 0 amide bonds. The Bertz CT molecular complexity index is 599. The van der Waals surface area contributed by atoms with Crippen molar-refractivity contribution in [3.8, 4) is 0 Å². The van der Waals surface area contributed by atoms with Crippen LogP contribution in [-0.2, 0) is 6.42 Å². The molecule has 1 unspecified atom stereocenters. The highest BCUT2D eigenvalue weighted by Gasteiger charge is 2.28. The van der Waals surface area contributed by atoms with E-state index in [1.807, 2.05) is 0 Å². The SMILES string of the molecule is OC1CN[C@H](c2nc(Cc3c(F)cccc3Cl)no2)C1. The number of halogens is 2. The average Bonchev–Trinajstić information content (AvgIpc) is 3.03. The molecule has 5 nitrogen and oxygen atoms in total. The van der Waals surface area contributed by atoms with Crippen LogP contribution in [0.3, 0.4) is 0 Å². The molecule has 1 saturated heterocycles. The van der Waals surface area contributed by atoms with Crippen LogP contribution in [0.15, 0.2) is 22.7 Å². The van der Waals surface area contributed by atoms with E-state index in [1.54, 1.807) is 12.1 Å². The molecule has 7 heteroatoms. The molecule has 106 valence electrons. The van der Waals surface area contributed by atoms with Gasteiger partial charge in [-0.3, -0.25) is 0 Å². The predicted molar refractivity (Wildman–Crippen MR) is 69.9 cm³/mol. The summed E-state index contributed by atoms with van der Waals surface area (Å²) in [5, 5.41) is 16.7. The second kappa shape index (κ2) is 5.47. The zero-order valence-corrected chi connectivity index (χ0v) is 11.3. The second-order valence-electron chi connectivity index (χ2n) is 4.78. The van der Waals surface area contributed by atoms with Crippen LogP contribution in [0.25, 0.3) is 0 Å². The highest BCUT2D eigenvalue weighted by molar-refractivity contribution is 6.31. The molecule has 0 bridgehead atoms. The number of aromatic nitrogens is 2. The van der Waals surface area contributed by atoms with Gasteiger partial charge in [0.05, 0.1) is 12.1 Å². The van der Waals surface area contributed by atoms with Crippen LogP contribution in [-0.4, -0.2) is 27.9 Å². The summed E-state index contributed by atoms with van der Waals surface area (Å²) in [6.45, 7) is 0.502. The van der Waals surface area contributed by atoms with Gasteiger partial charge in [0, 0.05) is 23.6 Å². The molecule has 2 aromatic rings. The third-order valence-corrected chi connectivity index (χ3v) is 3.64. The number of benzene rings is 1. The molecular formula is C13H13ClFN3O2. The van der Waals surface area contributed by atoms with Gasteiger partial charge in [-0.05, 0) is 18.6 Å². The van der Waals surface area contributed by atoms with Gasteiger partial charge in [-0.15, -0.1) is 0 Å². The second-order valence-corrected chi connectivity index (χ2v) is 5.18. The quantitative estimate of drug-likeness (QED) is 0.904. The first-order valence-electron chi connectivity index (χ1n) is 6.30. The average molecular weight is 298 g/mol. The van der Waals surface area contributed by atoms with Crippen LogP contribution in [0, 0.1) is 5.82 Å². The highest BCUT2D eigenvalue weighted by atomic mass is 35.5. The van der Waals surface area contributed by atoms with Crippen LogP contribution in [0.2, 0.25) is 5.02 Å². The monoisotopic (exact) mass is 297 g/mol. The number of nitrogens with zero attached hydrogens (tertiary/aromatic N) is 2. The molecule has 0 saturated carbocycles. The van der Waals surface area contributed by atoms with Crippen molar-refractivity contribution >= 4 is 11.6 Å². The van der Waals surface area contributed by atoms with E-state index in [0.717, 1.165) is 0 Å². The molecule has 1 aromatic carbocycles. The Morgan fingerprint density at radius 2 is 2.35 bits per heavy atom. The lowest BCUT2D eigenvalue weighted by atomic mass is 10.1. The van der Waals surface area contributed by atoms with Gasteiger partial charge in [-0.2, -0.15) is 4.98 Å². The molecule has 1 fully saturated rings. The van der Waals surface area contributed by atoms with Crippen molar-refractivity contribution < 1.29 is 14.0 Å². The maximum atomic E-state index is 13.7. The first-order chi connectivity index (χ1) is 9.63. The van der Waals surface area contributed by atoms with Crippen molar-refractivity contribution in [2.75, 3.05) is 6.54 Å². The van der Waals surface area contributed by atoms with E-state index in [2.05, 4.69) is 15.5 Å². The molecule has 2 atom stereocenters. The number of nitrogens with one attached hydrogen (secondary N) is 1. The topological polar surface area (TPSA) is 71.2 Å². The smallest absolute Gasteiger partial charge is 0.243 e. The number of rotatable bonds is 3. The fourth-order valence-electron chi connectivity index (χ4n) is 2.25. The largest absolute Gasteiger partial charge is 0.392 e. The van der Waals surface area contributed by atoms with Crippen molar-refractivity contribution in [2.45, 2.75) is 25.0 Å². The van der Waals surface area contributed by atoms with E-state index in [0.29, 0.717) is 35.3 Å². The minimum Gasteiger partial charge on any atom is -0.392 e. The minimum absolute atomic E-state index is 0.151. The summed E-state index contributed by atoms with van der Waals surface area (Å²) in [6.07, 6.45) is 0.295. The van der Waals surface area contributed by atoms with E-state index < -0.39 is 11.9 Å². The van der Waals surface area contributed by atoms with Gasteiger partial charge in [-0.25, -0.2) is 4.39 Å². The van der Waals surface area contributed by atoms with Crippen LogP contribution < -0.4 is 5.32 Å². The molecule has 1 aliphatic heterocycles. The molecule has 1 aliphatic rings. The van der Waals surface area contributed by atoms with Gasteiger partial charge in [0.15, 0.2) is 5.82 Å². The predicted octanol–water partition coefficient (Wildman–Crippen LogP) is 1.85. The Kier molecular flexibility index (Phi) is 3.69. The lowest BCUT2D eigenvalue weighted by Crippen LogP contribution is -2.15. The summed E-state index contributed by atoms with van der Waals surface area (Å²) in [6, 6.07) is 4.36. The zero-order chi connectivity index (χ0) is 14.1. The fraction of sp³-hybridized carbons (Fsp3) is 0.385. The molecule has 1 aromatic heterocycles. The number of β-amino-alcohol motifs (C(OH)–C–C–N with tert-alkyl or cyclic N) is 1. The fourth-order valence-corrected chi connectivity index (χ4v) is 2.48. The summed E-state index contributed by atoms with van der Waals surface area (Å²) in [7, 11) is 0. The van der Waals surface area contributed by atoms with Crippen molar-refractivity contribution in [1.29, 1.82) is 0 Å². The van der Waals surface area contributed by atoms with E-state index in [-0.39, 0.29) is 12.5 Å². The summed E-state index contributed by atoms with van der Waals surface area (Å²) in [5.41, 5.74) is 0.348. The van der Waals surface area contributed by atoms with Gasteiger partial charge < -0.3 is 14.9 Å². The summed E-state index contributed by atoms with van der Waals surface area (Å²) in [4.78, 5) is 4.23. The van der Waals surface area contributed by atoms with Crippen molar-refractivity contribution in [2.24, 2.45) is 0 Å². The lowest BCUT2D eigenvalue weighted by molar-refractivity contribution is 0.191. The number of hydrogen-bond acceptors (Lipinski definition) is 5. The zero-order valence-electron chi connectivity index (χ0n) is 10.5. The van der Waals surface area contributed by atoms with Crippen molar-refractivity contribution in [3.63, 3.8) is 0 Å². The van der Waals surface area contributed by atoms with Crippen LogP contribution in [0.5, 0.6) is 0 Å². The Morgan fingerprint density at radius 3 is 3.05 bits per heavy atom. The van der Waals surface area contributed by atoms with Crippen LogP contribution in [0.4, 0.5) is 4.39 Å². The first-order valence-corrected chi connectivity index (χ1v) is 6.68. The first kappa shape index (κ1) is 13.5. The van der Waals surface area contributed by atoms with E-state index in [9.17, 15) is 9.50 Å². The summed E-state index contributed by atoms with van der Waals surface area (Å²) < 4.78 is 18.8. The van der Waals surface area contributed by atoms with Gasteiger partial charge >= 0.3 is 0 Å². The molecule has 3 rings (SSSR count). The summed E-state index contributed by atoms with van der Waals surface area (Å²) >= 11 is 5.96. The van der Waals surface area contributed by atoms with Crippen molar-refractivity contribution in [1.82, 2.24) is 15.5 Å². The van der Waals surface area contributed by atoms with Crippen LogP contribution >= 0.6 is 11.6 Å². The normalized spacial score (nSPS) is 22.4. The Balaban J connectivity index is 1.77. The Hall–Kier alpha value is -1.50. The molecule has 0 aliphatic carbocycles. The van der Waals surface area contributed by atoms with Gasteiger partial charge in [-0.1, -0.05) is 22.8 Å². The van der Waals surface area contributed by atoms with Crippen LogP contribution in [0.1, 0.15) is 29.7 Å². The molecule has 2 N–H and O–H groups in total. The van der Waals surface area contributed by atoms with Gasteiger partial charge in [0.25, 0.3) is 0 Å². The molecule has 2 heterocycles. The molecule has 0 spiro atoms. The molecule has 20 heavy (non-hydrogen) atoms.